The van der Waals surface area contributed by atoms with Crippen LogP contribution in [0.25, 0.3) is 22.2 Å². The quantitative estimate of drug-likeness (QED) is 0.404. The number of methoxy groups -OCH3 is 1. The summed E-state index contributed by atoms with van der Waals surface area (Å²) in [6.07, 6.45) is 8.82. The van der Waals surface area contributed by atoms with Crippen molar-refractivity contribution in [1.29, 1.82) is 0 Å². The molecule has 2 saturated carbocycles. The van der Waals surface area contributed by atoms with Crippen molar-refractivity contribution in [2.24, 2.45) is 5.41 Å². The van der Waals surface area contributed by atoms with Gasteiger partial charge in [-0.1, -0.05) is 25.3 Å². The van der Waals surface area contributed by atoms with Gasteiger partial charge in [-0.3, -0.25) is 14.5 Å². The Labute approximate surface area is 301 Å². The zero-order chi connectivity index (χ0) is 35.2. The van der Waals surface area contributed by atoms with Crippen molar-refractivity contribution >= 4 is 32.9 Å². The normalized spacial score (nSPS) is 28.5. The topological polar surface area (TPSA) is 107 Å². The van der Waals surface area contributed by atoms with Crippen LogP contribution in [0.3, 0.4) is 0 Å². The van der Waals surface area contributed by atoms with Crippen molar-refractivity contribution in [3.8, 4) is 17.0 Å². The number of hydrogen-bond acceptors (Lipinski definition) is 7. The summed E-state index contributed by atoms with van der Waals surface area (Å²) in [5.74, 6) is 0.837. The number of likely N-dealkylation sites (N-methyl/N-ethyl adjacent to an activating group) is 2. The molecule has 0 radical (unpaired) electrons. The number of likely N-dealkylation sites (tertiary alicyclic amines) is 1. The second-order valence-corrected chi connectivity index (χ2v) is 17.9. The summed E-state index contributed by atoms with van der Waals surface area (Å²) in [5.41, 5.74) is 5.38. The SMILES string of the molecule is COc1ccc2c(c1)C1CC1(C(=O)N1CC3CCC(C1)N3C)Cn1c-2c(C2CCCCC2)c2ccc(C(=O)NS(=O)(=O)N3CCN(C)CC3)cc21. The predicted octanol–water partition coefficient (Wildman–Crippen LogP) is 4.38. The second kappa shape index (κ2) is 12.3. The number of hydrogen-bond donors (Lipinski definition) is 1. The van der Waals surface area contributed by atoms with E-state index in [0.717, 1.165) is 73.1 Å². The Morgan fingerprint density at radius 1 is 0.902 bits per heavy atom. The standard InChI is InChI=1S/C39H50N6O5S/c1-41-15-17-44(18-16-41)51(48,49)40-37(46)26-9-13-31-34(19-26)45-24-39(38(47)43-22-27-10-11-28(23-43)42(27)2)21-33(39)32-20-29(50-3)12-14-30(32)36(45)35(31)25-7-5-4-6-8-25/h9,12-14,19-20,25,27-28,33H,4-8,10-11,15-18,21-24H2,1-3H3,(H,40,46). The van der Waals surface area contributed by atoms with Gasteiger partial charge >= 0.3 is 10.2 Å². The first-order chi connectivity index (χ1) is 24.6. The molecular formula is C39H50N6O5S. The number of carbonyl (C=O) groups is 2. The van der Waals surface area contributed by atoms with Crippen LogP contribution >= 0.6 is 0 Å². The molecule has 3 aromatic rings. The first kappa shape index (κ1) is 33.4. The largest absolute Gasteiger partial charge is 0.497 e. The Morgan fingerprint density at radius 3 is 2.33 bits per heavy atom. The van der Waals surface area contributed by atoms with E-state index in [1.165, 1.54) is 34.7 Å². The predicted molar refractivity (Wildman–Crippen MR) is 196 cm³/mol. The number of benzene rings is 2. The molecule has 9 rings (SSSR count). The molecule has 5 heterocycles. The van der Waals surface area contributed by atoms with E-state index >= 15 is 0 Å². The Morgan fingerprint density at radius 2 is 1.63 bits per heavy atom. The van der Waals surface area contributed by atoms with Crippen molar-refractivity contribution in [3.05, 3.63) is 53.1 Å². The lowest BCUT2D eigenvalue weighted by Crippen LogP contribution is -2.55. The molecule has 11 nitrogen and oxygen atoms in total. The van der Waals surface area contributed by atoms with Crippen LogP contribution in [0.1, 0.15) is 84.7 Å². The number of amides is 2. The lowest BCUT2D eigenvalue weighted by molar-refractivity contribution is -0.141. The van der Waals surface area contributed by atoms with Crippen LogP contribution in [-0.2, 0) is 21.5 Å². The molecule has 2 amide bonds. The molecule has 2 aliphatic carbocycles. The van der Waals surface area contributed by atoms with Crippen molar-refractivity contribution in [2.45, 2.75) is 81.8 Å². The van der Waals surface area contributed by atoms with E-state index in [2.05, 4.69) is 43.2 Å². The molecule has 1 aromatic heterocycles. The summed E-state index contributed by atoms with van der Waals surface area (Å²) in [7, 11) is 1.86. The number of fused-ring (bicyclic) bond motifs is 9. The average Bonchev–Trinajstić information content (AvgIpc) is 3.76. The van der Waals surface area contributed by atoms with Gasteiger partial charge < -0.3 is 19.1 Å². The number of nitrogens with one attached hydrogen (secondary N) is 1. The fraction of sp³-hybridized carbons (Fsp3) is 0.590. The molecule has 5 fully saturated rings. The molecule has 6 aliphatic rings. The van der Waals surface area contributed by atoms with Crippen LogP contribution in [0.2, 0.25) is 0 Å². The van der Waals surface area contributed by atoms with E-state index in [1.807, 2.05) is 25.2 Å². The number of nitrogens with zero attached hydrogens (tertiary/aromatic N) is 5. The first-order valence-electron chi connectivity index (χ1n) is 18.9. The van der Waals surface area contributed by atoms with Crippen LogP contribution in [0.5, 0.6) is 5.75 Å². The van der Waals surface area contributed by atoms with Crippen molar-refractivity contribution < 1.29 is 22.7 Å². The monoisotopic (exact) mass is 714 g/mol. The summed E-state index contributed by atoms with van der Waals surface area (Å²) in [6.45, 7) is 3.97. The minimum absolute atomic E-state index is 0.0711. The van der Waals surface area contributed by atoms with E-state index < -0.39 is 21.5 Å². The van der Waals surface area contributed by atoms with Gasteiger partial charge in [0.05, 0.1) is 18.2 Å². The van der Waals surface area contributed by atoms with Gasteiger partial charge in [-0.05, 0) is 93.6 Å². The number of ether oxygens (including phenoxy) is 1. The molecule has 4 unspecified atom stereocenters. The van der Waals surface area contributed by atoms with Crippen LogP contribution in [0, 0.1) is 5.41 Å². The van der Waals surface area contributed by atoms with Crippen molar-refractivity contribution in [2.75, 3.05) is 60.5 Å². The van der Waals surface area contributed by atoms with Gasteiger partial charge in [0, 0.05) is 85.8 Å². The lowest BCUT2D eigenvalue weighted by atomic mass is 9.81. The third kappa shape index (κ3) is 5.42. The molecular weight excluding hydrogens is 665 g/mol. The number of piperazine rings is 2. The number of aromatic nitrogens is 1. The molecule has 2 aromatic carbocycles. The highest BCUT2D eigenvalue weighted by Crippen LogP contribution is 2.66. The molecule has 51 heavy (non-hydrogen) atoms. The minimum Gasteiger partial charge on any atom is -0.497 e. The fourth-order valence-corrected chi connectivity index (χ4v) is 11.4. The molecule has 272 valence electrons. The third-order valence-corrected chi connectivity index (χ3v) is 14.9. The number of rotatable bonds is 6. The van der Waals surface area contributed by atoms with Gasteiger partial charge in [-0.2, -0.15) is 12.7 Å². The third-order valence-electron chi connectivity index (χ3n) is 13.4. The molecule has 12 heteroatoms. The van der Waals surface area contributed by atoms with E-state index in [0.29, 0.717) is 56.3 Å². The highest BCUT2D eigenvalue weighted by Gasteiger charge is 2.64. The maximum Gasteiger partial charge on any atom is 0.304 e. The van der Waals surface area contributed by atoms with E-state index in [-0.39, 0.29) is 11.8 Å². The van der Waals surface area contributed by atoms with Gasteiger partial charge in [-0.15, -0.1) is 0 Å². The van der Waals surface area contributed by atoms with Crippen LogP contribution in [-0.4, -0.2) is 116 Å². The highest BCUT2D eigenvalue weighted by molar-refractivity contribution is 7.87. The second-order valence-electron chi connectivity index (χ2n) is 16.2. The summed E-state index contributed by atoms with van der Waals surface area (Å²) >= 11 is 0. The zero-order valence-electron chi connectivity index (χ0n) is 30.1. The lowest BCUT2D eigenvalue weighted by Gasteiger charge is -2.40. The molecule has 1 N–H and O–H groups in total. The molecule has 4 atom stereocenters. The molecule has 0 spiro atoms. The van der Waals surface area contributed by atoms with Crippen LogP contribution < -0.4 is 9.46 Å². The smallest absolute Gasteiger partial charge is 0.304 e. The maximum absolute atomic E-state index is 14.9. The van der Waals surface area contributed by atoms with Gasteiger partial charge in [-0.25, -0.2) is 4.72 Å². The van der Waals surface area contributed by atoms with E-state index in [1.54, 1.807) is 13.2 Å². The van der Waals surface area contributed by atoms with Crippen LogP contribution in [0.4, 0.5) is 0 Å². The fourth-order valence-electron chi connectivity index (χ4n) is 10.3. The Kier molecular flexibility index (Phi) is 8.06. The average molecular weight is 715 g/mol. The zero-order valence-corrected chi connectivity index (χ0v) is 30.9. The first-order valence-corrected chi connectivity index (χ1v) is 20.4. The molecule has 4 aliphatic heterocycles. The Bertz CT molecular complexity index is 2000. The van der Waals surface area contributed by atoms with E-state index in [9.17, 15) is 18.0 Å². The summed E-state index contributed by atoms with van der Waals surface area (Å²) in [5, 5.41) is 1.09. The molecule has 2 bridgehead atoms. The van der Waals surface area contributed by atoms with Crippen molar-refractivity contribution in [1.82, 2.24) is 28.3 Å². The summed E-state index contributed by atoms with van der Waals surface area (Å²) in [4.78, 5) is 35.4. The van der Waals surface area contributed by atoms with Gasteiger partial charge in [0.15, 0.2) is 0 Å². The highest BCUT2D eigenvalue weighted by atomic mass is 32.2. The maximum atomic E-state index is 14.9. The van der Waals surface area contributed by atoms with Gasteiger partial charge in [0.1, 0.15) is 5.75 Å². The summed E-state index contributed by atoms with van der Waals surface area (Å²) in [6, 6.07) is 12.9. The van der Waals surface area contributed by atoms with Crippen molar-refractivity contribution in [3.63, 3.8) is 0 Å². The summed E-state index contributed by atoms with van der Waals surface area (Å²) < 4.78 is 38.5. The Hall–Kier alpha value is -3.45. The van der Waals surface area contributed by atoms with Gasteiger partial charge in [0.25, 0.3) is 5.91 Å². The molecule has 3 saturated heterocycles. The Balaban J connectivity index is 1.16. The van der Waals surface area contributed by atoms with Gasteiger partial charge in [0.2, 0.25) is 5.91 Å². The minimum atomic E-state index is -4.00. The number of carbonyl (C=O) groups excluding carboxylic acids is 2. The van der Waals surface area contributed by atoms with E-state index in [4.69, 9.17) is 4.74 Å². The van der Waals surface area contributed by atoms with Crippen LogP contribution in [0.15, 0.2) is 36.4 Å².